The average Bonchev–Trinajstić information content (AvgIpc) is 3.50. The van der Waals surface area contributed by atoms with E-state index in [9.17, 15) is 4.79 Å². The van der Waals surface area contributed by atoms with Gasteiger partial charge in [0, 0.05) is 50.3 Å². The highest BCUT2D eigenvalue weighted by Crippen LogP contribution is 2.41. The van der Waals surface area contributed by atoms with E-state index in [1.165, 1.54) is 12.4 Å². The topological polar surface area (TPSA) is 104 Å². The van der Waals surface area contributed by atoms with Gasteiger partial charge in [0.2, 0.25) is 5.91 Å². The number of benzene rings is 2. The van der Waals surface area contributed by atoms with Crippen LogP contribution in [0.4, 0.5) is 33.1 Å². The highest BCUT2D eigenvalue weighted by molar-refractivity contribution is 6.42. The van der Waals surface area contributed by atoms with E-state index >= 15 is 4.39 Å². The molecule has 4 heterocycles. The summed E-state index contributed by atoms with van der Waals surface area (Å²) in [6.45, 7) is 8.87. The van der Waals surface area contributed by atoms with Gasteiger partial charge in [-0.3, -0.25) is 14.5 Å². The molecule has 1 aromatic heterocycles. The molecular formula is C30H32Cl2FN7O4. The van der Waals surface area contributed by atoms with Crippen LogP contribution in [0.3, 0.4) is 0 Å². The van der Waals surface area contributed by atoms with Crippen molar-refractivity contribution in [3.63, 3.8) is 0 Å². The Morgan fingerprint density at radius 1 is 1.14 bits per heavy atom. The molecule has 11 nitrogen and oxygen atoms in total. The van der Waals surface area contributed by atoms with E-state index in [0.29, 0.717) is 53.4 Å². The maximum absolute atomic E-state index is 15.0. The average molecular weight is 645 g/mol. The van der Waals surface area contributed by atoms with Crippen LogP contribution < -0.4 is 25.3 Å². The molecule has 0 saturated carbocycles. The molecule has 1 atom stereocenters. The van der Waals surface area contributed by atoms with Crippen LogP contribution in [0, 0.1) is 5.82 Å². The number of halogens is 3. The number of rotatable bonds is 9. The fraction of sp³-hybridized carbons (Fsp3) is 0.367. The Hall–Kier alpha value is -3.68. The SMILES string of the molecule is C=CC(=O)Nc1cc(Nc2cc(N3OCCC3c3ccc(Cl)c(Cl)c3F)ncn2)c(OC)cc1N1CCN(C2COC2)CC1. The van der Waals surface area contributed by atoms with Gasteiger partial charge in [-0.25, -0.2) is 19.4 Å². The monoisotopic (exact) mass is 643 g/mol. The minimum absolute atomic E-state index is 0.134. The first-order valence-corrected chi connectivity index (χ1v) is 15.0. The lowest BCUT2D eigenvalue weighted by Gasteiger charge is -2.43. The molecule has 0 spiro atoms. The number of anilines is 5. The van der Waals surface area contributed by atoms with E-state index in [-0.39, 0.29) is 16.0 Å². The minimum Gasteiger partial charge on any atom is -0.494 e. The van der Waals surface area contributed by atoms with Gasteiger partial charge < -0.3 is 25.0 Å². The number of carbonyl (C=O) groups is 1. The van der Waals surface area contributed by atoms with Gasteiger partial charge in [0.1, 0.15) is 23.7 Å². The molecule has 2 N–H and O–H groups in total. The largest absolute Gasteiger partial charge is 0.494 e. The van der Waals surface area contributed by atoms with Crippen molar-refractivity contribution in [1.29, 1.82) is 0 Å². The number of piperazine rings is 1. The number of nitrogens with one attached hydrogen (secondary N) is 2. The molecule has 44 heavy (non-hydrogen) atoms. The summed E-state index contributed by atoms with van der Waals surface area (Å²) < 4.78 is 26.2. The summed E-state index contributed by atoms with van der Waals surface area (Å²) in [6, 6.07) is 8.56. The van der Waals surface area contributed by atoms with Gasteiger partial charge in [0.05, 0.1) is 66.1 Å². The van der Waals surface area contributed by atoms with Crippen molar-refractivity contribution < 1.29 is 23.5 Å². The molecule has 1 amide bonds. The van der Waals surface area contributed by atoms with E-state index in [1.54, 1.807) is 30.4 Å². The second kappa shape index (κ2) is 13.1. The third-order valence-corrected chi connectivity index (χ3v) is 8.80. The van der Waals surface area contributed by atoms with E-state index < -0.39 is 11.9 Å². The Balaban J connectivity index is 1.26. The lowest BCUT2D eigenvalue weighted by molar-refractivity contribution is -0.111. The molecule has 3 aromatic rings. The Kier molecular flexibility index (Phi) is 9.06. The Bertz CT molecular complexity index is 1550. The first-order chi connectivity index (χ1) is 21.4. The molecule has 3 fully saturated rings. The number of amides is 1. The zero-order valence-corrected chi connectivity index (χ0v) is 25.6. The summed E-state index contributed by atoms with van der Waals surface area (Å²) in [7, 11) is 1.58. The lowest BCUT2D eigenvalue weighted by atomic mass is 10.0. The molecule has 3 saturated heterocycles. The molecule has 232 valence electrons. The van der Waals surface area contributed by atoms with Crippen molar-refractivity contribution in [3.05, 3.63) is 70.7 Å². The lowest BCUT2D eigenvalue weighted by Crippen LogP contribution is -2.56. The van der Waals surface area contributed by atoms with Crippen LogP contribution in [-0.4, -0.2) is 79.9 Å². The Labute approximate surface area is 264 Å². The molecule has 0 aliphatic carbocycles. The molecule has 6 rings (SSSR count). The predicted molar refractivity (Wildman–Crippen MR) is 168 cm³/mol. The molecule has 1 unspecified atom stereocenters. The maximum atomic E-state index is 15.0. The van der Waals surface area contributed by atoms with Crippen molar-refractivity contribution in [2.24, 2.45) is 0 Å². The number of hydrogen-bond donors (Lipinski definition) is 2. The first kappa shape index (κ1) is 30.4. The van der Waals surface area contributed by atoms with Crippen molar-refractivity contribution in [2.75, 3.05) is 73.7 Å². The Morgan fingerprint density at radius 3 is 2.64 bits per heavy atom. The van der Waals surface area contributed by atoms with Crippen molar-refractivity contribution in [1.82, 2.24) is 14.9 Å². The summed E-state index contributed by atoms with van der Waals surface area (Å²) in [5, 5.41) is 7.77. The third kappa shape index (κ3) is 6.13. The molecule has 0 bridgehead atoms. The van der Waals surface area contributed by atoms with Crippen molar-refractivity contribution >= 4 is 57.8 Å². The number of methoxy groups -OCH3 is 1. The summed E-state index contributed by atoms with van der Waals surface area (Å²) in [6.07, 6.45) is 3.14. The maximum Gasteiger partial charge on any atom is 0.247 e. The molecule has 3 aliphatic heterocycles. The van der Waals surface area contributed by atoms with E-state index in [1.807, 2.05) is 12.1 Å². The number of hydroxylamine groups is 1. The number of aromatic nitrogens is 2. The van der Waals surface area contributed by atoms with E-state index in [4.69, 9.17) is 37.5 Å². The quantitative estimate of drug-likeness (QED) is 0.239. The molecule has 0 radical (unpaired) electrons. The van der Waals surface area contributed by atoms with Gasteiger partial charge >= 0.3 is 0 Å². The zero-order chi connectivity index (χ0) is 30.8. The van der Waals surface area contributed by atoms with Gasteiger partial charge in [0.25, 0.3) is 0 Å². The van der Waals surface area contributed by atoms with Crippen molar-refractivity contribution in [2.45, 2.75) is 18.5 Å². The molecular weight excluding hydrogens is 612 g/mol. The van der Waals surface area contributed by atoms with Crippen LogP contribution >= 0.6 is 23.2 Å². The highest BCUT2D eigenvalue weighted by atomic mass is 35.5. The van der Waals surface area contributed by atoms with Gasteiger partial charge in [-0.05, 0) is 18.2 Å². The second-order valence-electron chi connectivity index (χ2n) is 10.6. The van der Waals surface area contributed by atoms with Crippen LogP contribution in [-0.2, 0) is 14.4 Å². The van der Waals surface area contributed by atoms with Crippen LogP contribution in [0.5, 0.6) is 5.75 Å². The molecule has 2 aromatic carbocycles. The number of ether oxygens (including phenoxy) is 2. The van der Waals surface area contributed by atoms with Gasteiger partial charge in [0.15, 0.2) is 5.82 Å². The summed E-state index contributed by atoms with van der Waals surface area (Å²) in [4.78, 5) is 31.7. The van der Waals surface area contributed by atoms with E-state index in [2.05, 4.69) is 37.0 Å². The smallest absolute Gasteiger partial charge is 0.247 e. The number of hydrogen-bond acceptors (Lipinski definition) is 10. The second-order valence-corrected chi connectivity index (χ2v) is 11.4. The summed E-state index contributed by atoms with van der Waals surface area (Å²) in [5.74, 6) is 0.483. The summed E-state index contributed by atoms with van der Waals surface area (Å²) >= 11 is 12.1. The van der Waals surface area contributed by atoms with Crippen molar-refractivity contribution in [3.8, 4) is 5.75 Å². The number of nitrogens with zero attached hydrogens (tertiary/aromatic N) is 5. The number of carbonyl (C=O) groups excluding carboxylic acids is 1. The normalized spacial score (nSPS) is 19.0. The van der Waals surface area contributed by atoms with Gasteiger partial charge in [-0.15, -0.1) is 0 Å². The fourth-order valence-electron chi connectivity index (χ4n) is 5.59. The van der Waals surface area contributed by atoms with E-state index in [0.717, 1.165) is 45.1 Å². The predicted octanol–water partition coefficient (Wildman–Crippen LogP) is 5.20. The van der Waals surface area contributed by atoms with Crippen LogP contribution in [0.1, 0.15) is 18.0 Å². The summed E-state index contributed by atoms with van der Waals surface area (Å²) in [5.41, 5.74) is 2.37. The minimum atomic E-state index is -0.593. The molecule has 3 aliphatic rings. The van der Waals surface area contributed by atoms with Gasteiger partial charge in [-0.1, -0.05) is 35.8 Å². The van der Waals surface area contributed by atoms with Crippen LogP contribution in [0.25, 0.3) is 0 Å². The third-order valence-electron chi connectivity index (χ3n) is 8.02. The molecule has 14 heteroatoms. The van der Waals surface area contributed by atoms with Gasteiger partial charge in [-0.2, -0.15) is 0 Å². The zero-order valence-electron chi connectivity index (χ0n) is 24.1. The fourth-order valence-corrected chi connectivity index (χ4v) is 5.91. The standard InChI is InChI=1S/C30H32Cl2FN7O4/c1-3-28(41)37-21-12-22(25(42-2)13-24(21)39-9-7-38(8-10-39)18-15-43-16-18)36-26-14-27(35-17-34-26)40-23(6-11-44-40)19-4-5-20(31)29(32)30(19)33/h3-5,12-14,17-18,23H,1,6-11,15-16H2,2H3,(H,37,41)(H,34,35,36). The first-order valence-electron chi connectivity index (χ1n) is 14.2. The highest BCUT2D eigenvalue weighted by Gasteiger charge is 2.33. The van der Waals surface area contributed by atoms with Crippen LogP contribution in [0.15, 0.2) is 49.3 Å². The van der Waals surface area contributed by atoms with Crippen LogP contribution in [0.2, 0.25) is 10.0 Å². The Morgan fingerprint density at radius 2 is 1.93 bits per heavy atom.